The molecule has 1 amide bonds. The molecule has 1 aromatic carbocycles. The van der Waals surface area contributed by atoms with Crippen LogP contribution in [-0.2, 0) is 5.66 Å². The molecule has 2 unspecified atom stereocenters. The Labute approximate surface area is 233 Å². The Hall–Kier alpha value is -2.35. The molecule has 2 fully saturated rings. The summed E-state index contributed by atoms with van der Waals surface area (Å²) in [4.78, 5) is 23.0. The van der Waals surface area contributed by atoms with Crippen molar-refractivity contribution in [2.75, 3.05) is 26.7 Å². The van der Waals surface area contributed by atoms with Gasteiger partial charge in [0, 0.05) is 61.8 Å². The van der Waals surface area contributed by atoms with Gasteiger partial charge in [-0.2, -0.15) is 8.78 Å². The highest BCUT2D eigenvalue weighted by Gasteiger charge is 2.37. The van der Waals surface area contributed by atoms with Gasteiger partial charge in [-0.25, -0.2) is 10.0 Å². The van der Waals surface area contributed by atoms with Gasteiger partial charge in [-0.05, 0) is 45.3 Å². The van der Waals surface area contributed by atoms with Crippen molar-refractivity contribution in [1.82, 2.24) is 20.2 Å². The maximum absolute atomic E-state index is 14.6. The van der Waals surface area contributed by atoms with Gasteiger partial charge in [0.25, 0.3) is 11.6 Å². The lowest BCUT2D eigenvalue weighted by Crippen LogP contribution is -2.55. The van der Waals surface area contributed by atoms with Crippen LogP contribution in [0.2, 0.25) is 0 Å². The van der Waals surface area contributed by atoms with Gasteiger partial charge in [-0.3, -0.25) is 4.79 Å². The fraction of sp³-hybridized carbons (Fsp3) is 0.586. The zero-order chi connectivity index (χ0) is 28.2. The third-order valence-corrected chi connectivity index (χ3v) is 8.32. The Morgan fingerprint density at radius 2 is 1.87 bits per heavy atom. The standard InChI is InChI=1S/C29H43F2N6OP/c1-20-10-11-24(29(30,31)39)23(17-20)28(38)37-15-8-6-4-5-7-9-26(37)25-12-14-33-27(21(2)18-34-35(25)3)36-16-13-22(32)19-36/h10-12,14,17-18,22,25-26,34H,4-9,13,15-16,19,32,39H2,1-3H3/b14-12+,21-18-,33-27+/t22-,25-,26?/m0/s1. The summed E-state index contributed by atoms with van der Waals surface area (Å²) in [6.07, 6.45) is 12.5. The van der Waals surface area contributed by atoms with Crippen LogP contribution in [0.3, 0.4) is 0 Å². The summed E-state index contributed by atoms with van der Waals surface area (Å²) in [5, 5.41) is 2.00. The Bertz CT molecular complexity index is 1120. The Morgan fingerprint density at radius 1 is 1.13 bits per heavy atom. The number of nitrogens with two attached hydrogens (primary N) is 1. The number of hydrogen-bond donors (Lipinski definition) is 2. The monoisotopic (exact) mass is 560 g/mol. The lowest BCUT2D eigenvalue weighted by molar-refractivity contribution is 0.0507. The minimum absolute atomic E-state index is 0.0725. The average Bonchev–Trinajstić information content (AvgIpc) is 3.37. The fourth-order valence-electron chi connectivity index (χ4n) is 5.85. The second-order valence-electron chi connectivity index (χ2n) is 11.1. The molecular weight excluding hydrogens is 517 g/mol. The van der Waals surface area contributed by atoms with Crippen LogP contribution in [0.1, 0.15) is 73.4 Å². The van der Waals surface area contributed by atoms with Crippen LogP contribution in [0, 0.1) is 6.92 Å². The van der Waals surface area contributed by atoms with Crippen molar-refractivity contribution in [3.8, 4) is 0 Å². The molecule has 39 heavy (non-hydrogen) atoms. The van der Waals surface area contributed by atoms with Crippen molar-refractivity contribution in [2.45, 2.75) is 82.6 Å². The quantitative estimate of drug-likeness (QED) is 0.522. The van der Waals surface area contributed by atoms with E-state index < -0.39 is 5.66 Å². The second kappa shape index (κ2) is 12.9. The van der Waals surface area contributed by atoms with Gasteiger partial charge in [0.1, 0.15) is 5.84 Å². The normalized spacial score (nSPS) is 29.4. The predicted octanol–water partition coefficient (Wildman–Crippen LogP) is 4.75. The molecule has 3 aliphatic rings. The van der Waals surface area contributed by atoms with E-state index >= 15 is 0 Å². The van der Waals surface area contributed by atoms with Crippen LogP contribution < -0.4 is 11.2 Å². The molecule has 2 saturated heterocycles. The predicted molar refractivity (Wildman–Crippen MR) is 156 cm³/mol. The number of halogens is 2. The molecule has 0 bridgehead atoms. The lowest BCUT2D eigenvalue weighted by Gasteiger charge is -2.40. The number of nitrogens with zero attached hydrogens (tertiary/aromatic N) is 4. The smallest absolute Gasteiger partial charge is 0.284 e. The number of likely N-dealkylation sites (N-methyl/N-ethyl adjacent to an activating group) is 1. The summed E-state index contributed by atoms with van der Waals surface area (Å²) in [7, 11) is 3.55. The first-order valence-electron chi connectivity index (χ1n) is 14.1. The number of aliphatic imine (C=N–C) groups is 1. The van der Waals surface area contributed by atoms with E-state index in [1.165, 1.54) is 6.07 Å². The first kappa shape index (κ1) is 29.6. The topological polar surface area (TPSA) is 77.2 Å². The summed E-state index contributed by atoms with van der Waals surface area (Å²) in [5.74, 6) is 0.543. The molecule has 10 heteroatoms. The number of hydrazine groups is 1. The number of aryl methyl sites for hydroxylation is 1. The zero-order valence-electron chi connectivity index (χ0n) is 23.4. The zero-order valence-corrected chi connectivity index (χ0v) is 24.5. The Balaban J connectivity index is 1.71. The van der Waals surface area contributed by atoms with Crippen LogP contribution in [0.5, 0.6) is 0 Å². The Kier molecular flexibility index (Phi) is 9.78. The first-order valence-corrected chi connectivity index (χ1v) is 14.6. The van der Waals surface area contributed by atoms with E-state index in [2.05, 4.69) is 10.3 Å². The number of carbonyl (C=O) groups excluding carboxylic acids is 1. The summed E-state index contributed by atoms with van der Waals surface area (Å²) < 4.78 is 29.2. The van der Waals surface area contributed by atoms with Crippen molar-refractivity contribution in [3.63, 3.8) is 0 Å². The van der Waals surface area contributed by atoms with Crippen LogP contribution in [0.25, 0.3) is 0 Å². The van der Waals surface area contributed by atoms with Gasteiger partial charge in [-0.15, -0.1) is 0 Å². The third kappa shape index (κ3) is 7.24. The van der Waals surface area contributed by atoms with Gasteiger partial charge in [0.05, 0.1) is 12.1 Å². The maximum atomic E-state index is 14.6. The fourth-order valence-corrected chi connectivity index (χ4v) is 6.11. The number of benzene rings is 1. The SMILES string of the molecule is CC1=C/NN(C)[C@H](C2CCCCCCCN2C(=O)c2cc(C)ccc2C(F)(F)P)/C=C/N=C\1N1CC[C@H](N)C1. The van der Waals surface area contributed by atoms with E-state index in [4.69, 9.17) is 10.7 Å². The molecule has 7 nitrogen and oxygen atoms in total. The molecule has 0 aliphatic carbocycles. The van der Waals surface area contributed by atoms with Gasteiger partial charge >= 0.3 is 0 Å². The number of alkyl halides is 2. The van der Waals surface area contributed by atoms with Gasteiger partial charge in [0.2, 0.25) is 0 Å². The number of amidine groups is 1. The molecule has 4 rings (SSSR count). The number of rotatable bonds is 3. The summed E-state index contributed by atoms with van der Waals surface area (Å²) in [6.45, 7) is 6.00. The number of hydrogen-bond acceptors (Lipinski definition) is 6. The molecule has 1 aromatic rings. The average molecular weight is 561 g/mol. The van der Waals surface area contributed by atoms with E-state index in [0.717, 1.165) is 75.0 Å². The van der Waals surface area contributed by atoms with E-state index in [9.17, 15) is 13.6 Å². The van der Waals surface area contributed by atoms with E-state index in [1.54, 1.807) is 21.4 Å². The van der Waals surface area contributed by atoms with Crippen LogP contribution >= 0.6 is 9.24 Å². The molecule has 3 heterocycles. The van der Waals surface area contributed by atoms with Crippen molar-refractivity contribution < 1.29 is 13.6 Å². The minimum Gasteiger partial charge on any atom is -0.355 e. The van der Waals surface area contributed by atoms with Gasteiger partial charge in [-0.1, -0.05) is 52.6 Å². The highest BCUT2D eigenvalue weighted by Crippen LogP contribution is 2.38. The number of amides is 1. The van der Waals surface area contributed by atoms with E-state index in [0.29, 0.717) is 6.54 Å². The van der Waals surface area contributed by atoms with Crippen LogP contribution in [-0.4, -0.2) is 71.4 Å². The van der Waals surface area contributed by atoms with E-state index in [1.807, 2.05) is 49.3 Å². The van der Waals surface area contributed by atoms with Gasteiger partial charge in [0.15, 0.2) is 0 Å². The number of likely N-dealkylation sites (tertiary alicyclic amines) is 1. The van der Waals surface area contributed by atoms with Gasteiger partial charge < -0.3 is 21.0 Å². The van der Waals surface area contributed by atoms with Crippen molar-refractivity contribution in [3.05, 3.63) is 58.9 Å². The van der Waals surface area contributed by atoms with Crippen LogP contribution in [0.4, 0.5) is 8.78 Å². The number of carbonyl (C=O) groups is 1. The largest absolute Gasteiger partial charge is 0.355 e. The molecule has 0 radical (unpaired) electrons. The molecule has 4 atom stereocenters. The highest BCUT2D eigenvalue weighted by molar-refractivity contribution is 7.17. The van der Waals surface area contributed by atoms with E-state index in [-0.39, 0.29) is 35.2 Å². The van der Waals surface area contributed by atoms with Crippen LogP contribution in [0.15, 0.2) is 47.2 Å². The summed E-state index contributed by atoms with van der Waals surface area (Å²) >= 11 is 0. The molecule has 214 valence electrons. The van der Waals surface area contributed by atoms with Crippen molar-refractivity contribution >= 4 is 21.0 Å². The minimum atomic E-state index is -3.20. The third-order valence-electron chi connectivity index (χ3n) is 8.01. The molecule has 0 aromatic heterocycles. The first-order chi connectivity index (χ1) is 18.6. The molecule has 3 N–H and O–H groups in total. The molecule has 3 aliphatic heterocycles. The molecule has 0 spiro atoms. The van der Waals surface area contributed by atoms with Crippen molar-refractivity contribution in [1.29, 1.82) is 0 Å². The summed E-state index contributed by atoms with van der Waals surface area (Å²) in [5.41, 5.74) is 7.95. The second-order valence-corrected chi connectivity index (χ2v) is 11.9. The molecular formula is C29H43F2N6OP. The highest BCUT2D eigenvalue weighted by atomic mass is 31.0. The molecule has 0 saturated carbocycles. The number of nitrogens with one attached hydrogen (secondary N) is 1. The summed E-state index contributed by atoms with van der Waals surface area (Å²) in [6, 6.07) is 4.31. The Morgan fingerprint density at radius 3 is 2.59 bits per heavy atom. The maximum Gasteiger partial charge on any atom is 0.284 e. The van der Waals surface area contributed by atoms with Crippen molar-refractivity contribution in [2.24, 2.45) is 10.7 Å². The lowest BCUT2D eigenvalue weighted by atomic mass is 9.96.